The molecule has 2 saturated carbocycles. The van der Waals surface area contributed by atoms with E-state index in [2.05, 4.69) is 41.5 Å². The van der Waals surface area contributed by atoms with Crippen molar-refractivity contribution in [2.45, 2.75) is 92.9 Å². The van der Waals surface area contributed by atoms with Crippen molar-refractivity contribution >= 4 is 0 Å². The summed E-state index contributed by atoms with van der Waals surface area (Å²) < 4.78 is 0. The molecule has 0 N–H and O–H groups in total. The predicted octanol–water partition coefficient (Wildman–Crippen LogP) is 7.26. The fourth-order valence-corrected chi connectivity index (χ4v) is 3.10. The summed E-state index contributed by atoms with van der Waals surface area (Å²) in [6, 6.07) is 0. The van der Waals surface area contributed by atoms with E-state index in [9.17, 15) is 0 Å². The Morgan fingerprint density at radius 2 is 0.714 bits per heavy atom. The first-order chi connectivity index (χ1) is 8.21. The van der Waals surface area contributed by atoms with Crippen molar-refractivity contribution in [1.29, 1.82) is 0 Å². The van der Waals surface area contributed by atoms with Gasteiger partial charge in [-0.1, -0.05) is 67.2 Å². The molecule has 0 spiro atoms. The molecule has 126 valence electrons. The Kier molecular flexibility index (Phi) is 14.5. The molecule has 0 aromatic heterocycles. The van der Waals surface area contributed by atoms with Crippen LogP contribution in [0.4, 0.5) is 0 Å². The summed E-state index contributed by atoms with van der Waals surface area (Å²) in [7, 11) is 0. The van der Waals surface area contributed by atoms with Crippen molar-refractivity contribution in [2.75, 3.05) is 0 Å². The SMILES string of the molecule is CC(C)(C)[C]1CCCC1.CC(C)(C)[C]1CCCC1.[CH3-].[CH3-].[Hf]. The molecule has 1 heteroatoms. The summed E-state index contributed by atoms with van der Waals surface area (Å²) in [5, 5.41) is 0. The maximum atomic E-state index is 2.33. The molecule has 0 aliphatic heterocycles. The molecule has 2 aliphatic carbocycles. The molecule has 2 aliphatic rings. The third-order valence-electron chi connectivity index (χ3n) is 4.54. The van der Waals surface area contributed by atoms with Gasteiger partial charge in [-0.05, 0) is 48.3 Å². The van der Waals surface area contributed by atoms with Crippen LogP contribution in [0.1, 0.15) is 92.9 Å². The van der Waals surface area contributed by atoms with Crippen molar-refractivity contribution in [3.05, 3.63) is 26.7 Å². The average Bonchev–Trinajstić information content (AvgIpc) is 2.91. The van der Waals surface area contributed by atoms with E-state index in [1.165, 1.54) is 51.4 Å². The van der Waals surface area contributed by atoms with Gasteiger partial charge in [0.1, 0.15) is 0 Å². The van der Waals surface area contributed by atoms with E-state index in [0.29, 0.717) is 10.8 Å². The maximum Gasteiger partial charge on any atom is 0 e. The van der Waals surface area contributed by atoms with Crippen molar-refractivity contribution in [3.8, 4) is 0 Å². The van der Waals surface area contributed by atoms with Gasteiger partial charge in [-0.2, -0.15) is 0 Å². The maximum absolute atomic E-state index is 2.33. The monoisotopic (exact) mass is 460 g/mol. The van der Waals surface area contributed by atoms with E-state index >= 15 is 0 Å². The Morgan fingerprint density at radius 3 is 0.810 bits per heavy atom. The van der Waals surface area contributed by atoms with Crippen LogP contribution in [0.5, 0.6) is 0 Å². The van der Waals surface area contributed by atoms with Gasteiger partial charge in [0.15, 0.2) is 0 Å². The minimum Gasteiger partial charge on any atom is -0.358 e. The van der Waals surface area contributed by atoms with Gasteiger partial charge in [-0.15, -0.1) is 0 Å². The molecule has 0 nitrogen and oxygen atoms in total. The zero-order valence-corrected chi connectivity index (χ0v) is 19.7. The second kappa shape index (κ2) is 11.4. The van der Waals surface area contributed by atoms with Crippen LogP contribution in [0.25, 0.3) is 0 Å². The molecule has 0 aromatic carbocycles. The van der Waals surface area contributed by atoms with Crippen LogP contribution in [0.2, 0.25) is 0 Å². The molecular formula is C20H40Hf-2. The van der Waals surface area contributed by atoms with E-state index in [4.69, 9.17) is 0 Å². The molecule has 2 fully saturated rings. The Morgan fingerprint density at radius 1 is 0.524 bits per heavy atom. The van der Waals surface area contributed by atoms with Gasteiger partial charge in [-0.3, -0.25) is 0 Å². The van der Waals surface area contributed by atoms with E-state index in [1.54, 1.807) is 11.8 Å². The van der Waals surface area contributed by atoms with Crippen LogP contribution < -0.4 is 0 Å². The van der Waals surface area contributed by atoms with Crippen molar-refractivity contribution in [2.24, 2.45) is 10.8 Å². The van der Waals surface area contributed by atoms with E-state index in [0.717, 1.165) is 0 Å². The first-order valence-electron chi connectivity index (χ1n) is 7.91. The summed E-state index contributed by atoms with van der Waals surface area (Å²) in [6.07, 6.45) is 11.3. The smallest absolute Gasteiger partial charge is 0 e. The van der Waals surface area contributed by atoms with Crippen LogP contribution in [0.15, 0.2) is 0 Å². The van der Waals surface area contributed by atoms with Crippen LogP contribution in [0.3, 0.4) is 0 Å². The Hall–Kier alpha value is 0.870. The van der Waals surface area contributed by atoms with E-state index in [1.807, 2.05) is 0 Å². The minimum atomic E-state index is 0. The Labute approximate surface area is 156 Å². The summed E-state index contributed by atoms with van der Waals surface area (Å²) in [4.78, 5) is 0. The molecule has 0 atom stereocenters. The second-order valence-electron chi connectivity index (χ2n) is 8.12. The van der Waals surface area contributed by atoms with Crippen LogP contribution in [-0.2, 0) is 25.8 Å². The second-order valence-corrected chi connectivity index (χ2v) is 8.12. The van der Waals surface area contributed by atoms with Gasteiger partial charge >= 0.3 is 0 Å². The van der Waals surface area contributed by atoms with Gasteiger partial charge < -0.3 is 14.9 Å². The summed E-state index contributed by atoms with van der Waals surface area (Å²) in [6.45, 7) is 14.0. The topological polar surface area (TPSA) is 0 Å². The third kappa shape index (κ3) is 10.3. The molecule has 0 amide bonds. The molecule has 0 unspecified atom stereocenters. The quantitative estimate of drug-likeness (QED) is 0.264. The Balaban J connectivity index is -0.000000270. The van der Waals surface area contributed by atoms with Crippen molar-refractivity contribution in [1.82, 2.24) is 0 Å². The van der Waals surface area contributed by atoms with Crippen molar-refractivity contribution in [3.63, 3.8) is 0 Å². The average molecular weight is 459 g/mol. The Bertz CT molecular complexity index is 193. The summed E-state index contributed by atoms with van der Waals surface area (Å²) in [5.74, 6) is 3.56. The standard InChI is InChI=1S/2C9H17.2CH3.Hf/c2*1-9(2,3)8-6-4-5-7-8;;;/h2*4-7H2,1-3H3;2*1H3;/q;;2*-1;. The molecule has 0 saturated heterocycles. The van der Waals surface area contributed by atoms with Crippen LogP contribution in [0, 0.1) is 37.5 Å². The number of rotatable bonds is 0. The normalized spacial score (nSPS) is 19.7. The fourth-order valence-electron chi connectivity index (χ4n) is 3.10. The van der Waals surface area contributed by atoms with Crippen molar-refractivity contribution < 1.29 is 25.8 Å². The summed E-state index contributed by atoms with van der Waals surface area (Å²) in [5.41, 5.74) is 0.993. The largest absolute Gasteiger partial charge is 0.358 e. The molecule has 2 radical (unpaired) electrons. The zero-order chi connectivity index (χ0) is 13.8. The first-order valence-corrected chi connectivity index (χ1v) is 7.91. The van der Waals surface area contributed by atoms with Gasteiger partial charge in [0.05, 0.1) is 0 Å². The molecule has 0 bridgehead atoms. The molecule has 2 rings (SSSR count). The number of hydrogen-bond donors (Lipinski definition) is 0. The molecule has 0 heterocycles. The minimum absolute atomic E-state index is 0. The fraction of sp³-hybridized carbons (Fsp3) is 0.800. The first kappa shape index (κ1) is 26.8. The molecular weight excluding hydrogens is 419 g/mol. The molecule has 21 heavy (non-hydrogen) atoms. The summed E-state index contributed by atoms with van der Waals surface area (Å²) >= 11 is 0. The zero-order valence-electron chi connectivity index (χ0n) is 16.2. The predicted molar refractivity (Wildman–Crippen MR) is 95.2 cm³/mol. The number of hydrogen-bond acceptors (Lipinski definition) is 0. The van der Waals surface area contributed by atoms with Crippen LogP contribution >= 0.6 is 0 Å². The van der Waals surface area contributed by atoms with Gasteiger partial charge in [0, 0.05) is 25.8 Å². The molecule has 0 aromatic rings. The van der Waals surface area contributed by atoms with Gasteiger partial charge in [0.2, 0.25) is 0 Å². The van der Waals surface area contributed by atoms with E-state index in [-0.39, 0.29) is 40.7 Å². The van der Waals surface area contributed by atoms with Gasteiger partial charge in [-0.25, -0.2) is 0 Å². The van der Waals surface area contributed by atoms with Crippen LogP contribution in [-0.4, -0.2) is 0 Å². The van der Waals surface area contributed by atoms with Gasteiger partial charge in [0.25, 0.3) is 0 Å². The van der Waals surface area contributed by atoms with E-state index < -0.39 is 0 Å². The third-order valence-corrected chi connectivity index (χ3v) is 4.54.